The fourth-order valence-electron chi connectivity index (χ4n) is 3.87. The van der Waals surface area contributed by atoms with Crippen LogP contribution < -0.4 is 5.73 Å². The lowest BCUT2D eigenvalue weighted by molar-refractivity contribution is 0.105. The number of pyridine rings is 3. The fraction of sp³-hybridized carbons (Fsp3) is 0.107. The molecule has 2 N–H and O–H groups in total. The Hall–Kier alpha value is -3.06. The van der Waals surface area contributed by atoms with Gasteiger partial charge in [-0.1, -0.05) is 54.6 Å². The molecule has 36 heavy (non-hydrogen) atoms. The van der Waals surface area contributed by atoms with Crippen LogP contribution in [0, 0.1) is 0 Å². The quantitative estimate of drug-likeness (QED) is 0.245. The number of ether oxygens (including phenoxy) is 1. The van der Waals surface area contributed by atoms with Crippen molar-refractivity contribution < 1.29 is 4.74 Å². The van der Waals surface area contributed by atoms with Crippen molar-refractivity contribution in [1.82, 2.24) is 15.0 Å². The van der Waals surface area contributed by atoms with Gasteiger partial charge in [0.25, 0.3) is 0 Å². The molecule has 0 amide bonds. The van der Waals surface area contributed by atoms with E-state index in [1.165, 1.54) is 0 Å². The molecule has 0 unspecified atom stereocenters. The largest absolute Gasteiger partial charge is 0.370 e. The van der Waals surface area contributed by atoms with Crippen molar-refractivity contribution in [1.29, 1.82) is 0 Å². The van der Waals surface area contributed by atoms with Gasteiger partial charge in [0.2, 0.25) is 0 Å². The van der Waals surface area contributed by atoms with Crippen LogP contribution in [0.15, 0.2) is 97.5 Å². The number of halogens is 3. The highest BCUT2D eigenvalue weighted by Gasteiger charge is 2.14. The highest BCUT2D eigenvalue weighted by molar-refractivity contribution is 5.92. The van der Waals surface area contributed by atoms with E-state index in [2.05, 4.69) is 52.4 Å². The summed E-state index contributed by atoms with van der Waals surface area (Å²) in [5.41, 5.74) is 13.9. The summed E-state index contributed by atoms with van der Waals surface area (Å²) in [4.78, 5) is 13.7. The molecule has 0 aliphatic rings. The lowest BCUT2D eigenvalue weighted by Crippen LogP contribution is -2.00. The minimum absolute atomic E-state index is 0. The van der Waals surface area contributed by atoms with E-state index in [-0.39, 0.29) is 37.2 Å². The summed E-state index contributed by atoms with van der Waals surface area (Å²) in [6.07, 6.45) is 5.34. The zero-order valence-corrected chi connectivity index (χ0v) is 21.9. The predicted octanol–water partition coefficient (Wildman–Crippen LogP) is 6.80. The molecule has 5 aromatic rings. The van der Waals surface area contributed by atoms with E-state index in [1.807, 2.05) is 36.4 Å². The van der Waals surface area contributed by atoms with Crippen molar-refractivity contribution >= 4 is 48.1 Å². The van der Waals surface area contributed by atoms with Crippen molar-refractivity contribution in [2.75, 3.05) is 0 Å². The van der Waals surface area contributed by atoms with E-state index < -0.39 is 0 Å². The van der Waals surface area contributed by atoms with Crippen molar-refractivity contribution in [3.05, 3.63) is 114 Å². The molecule has 8 heteroatoms. The van der Waals surface area contributed by atoms with Gasteiger partial charge in [0.1, 0.15) is 0 Å². The smallest absolute Gasteiger partial charge is 0.0899 e. The number of aromatic nitrogens is 3. The lowest BCUT2D eigenvalue weighted by atomic mass is 9.96. The first-order chi connectivity index (χ1) is 16.3. The average Bonchev–Trinajstić information content (AvgIpc) is 2.89. The molecule has 0 atom stereocenters. The summed E-state index contributed by atoms with van der Waals surface area (Å²) in [7, 11) is 0. The van der Waals surface area contributed by atoms with Crippen LogP contribution in [-0.2, 0) is 24.5 Å². The van der Waals surface area contributed by atoms with Gasteiger partial charge in [0.15, 0.2) is 0 Å². The first-order valence-corrected chi connectivity index (χ1v) is 10.9. The minimum Gasteiger partial charge on any atom is -0.370 e. The molecular formula is C28H27Cl3N4O. The Bertz CT molecular complexity index is 1370. The molecule has 0 fully saturated rings. The molecule has 5 nitrogen and oxygen atoms in total. The third-order valence-corrected chi connectivity index (χ3v) is 5.63. The van der Waals surface area contributed by atoms with Crippen LogP contribution in [0.25, 0.3) is 33.3 Å². The van der Waals surface area contributed by atoms with Crippen LogP contribution in [0.5, 0.6) is 0 Å². The SMILES string of the molecule is Cl.Cl.Cl.NCc1ccc(-c2nc3ccnc(COCc4ccncc4)c3cc2-c2ccccc2)cc1. The number of nitrogens with two attached hydrogens (primary N) is 1. The standard InChI is InChI=1S/C28H24N4O.3ClH/c29-17-20-6-8-23(9-7-20)28-24(22-4-2-1-3-5-22)16-25-26(32-28)12-15-31-27(25)19-33-18-21-10-13-30-14-11-21;;;/h1-16H,17-19,29H2;3*1H. The van der Waals surface area contributed by atoms with Gasteiger partial charge in [-0.3, -0.25) is 9.97 Å². The highest BCUT2D eigenvalue weighted by Crippen LogP contribution is 2.34. The van der Waals surface area contributed by atoms with Gasteiger partial charge in [-0.05, 0) is 41.0 Å². The molecule has 0 saturated heterocycles. The number of benzene rings is 2. The Morgan fingerprint density at radius 2 is 1.42 bits per heavy atom. The van der Waals surface area contributed by atoms with E-state index in [1.54, 1.807) is 18.6 Å². The van der Waals surface area contributed by atoms with Crippen molar-refractivity contribution in [3.8, 4) is 22.4 Å². The van der Waals surface area contributed by atoms with Crippen LogP contribution in [0.4, 0.5) is 0 Å². The second-order valence-corrected chi connectivity index (χ2v) is 7.82. The Kier molecular flexibility index (Phi) is 11.2. The first-order valence-electron chi connectivity index (χ1n) is 10.9. The molecule has 3 heterocycles. The molecule has 0 spiro atoms. The van der Waals surface area contributed by atoms with Crippen LogP contribution >= 0.6 is 37.2 Å². The van der Waals surface area contributed by atoms with Gasteiger partial charge in [-0.15, -0.1) is 37.2 Å². The molecule has 186 valence electrons. The first kappa shape index (κ1) is 29.2. The average molecular weight is 542 g/mol. The van der Waals surface area contributed by atoms with Gasteiger partial charge in [-0.2, -0.15) is 0 Å². The van der Waals surface area contributed by atoms with Gasteiger partial charge >= 0.3 is 0 Å². The molecule has 5 rings (SSSR count). The molecule has 0 saturated carbocycles. The normalized spacial score (nSPS) is 10.1. The third-order valence-electron chi connectivity index (χ3n) is 5.63. The summed E-state index contributed by atoms with van der Waals surface area (Å²) in [5.74, 6) is 0. The second-order valence-electron chi connectivity index (χ2n) is 7.82. The number of fused-ring (bicyclic) bond motifs is 1. The van der Waals surface area contributed by atoms with Gasteiger partial charge in [0, 0.05) is 41.6 Å². The van der Waals surface area contributed by atoms with Crippen LogP contribution in [0.2, 0.25) is 0 Å². The monoisotopic (exact) mass is 540 g/mol. The van der Waals surface area contributed by atoms with E-state index in [9.17, 15) is 0 Å². The lowest BCUT2D eigenvalue weighted by Gasteiger charge is -2.14. The molecule has 0 aliphatic carbocycles. The maximum absolute atomic E-state index is 5.97. The summed E-state index contributed by atoms with van der Waals surface area (Å²) in [6, 6.07) is 26.7. The fourth-order valence-corrected chi connectivity index (χ4v) is 3.87. The van der Waals surface area contributed by atoms with E-state index in [0.29, 0.717) is 19.8 Å². The topological polar surface area (TPSA) is 73.9 Å². The Morgan fingerprint density at radius 3 is 2.11 bits per heavy atom. The number of hydrogen-bond donors (Lipinski definition) is 1. The number of nitrogens with zero attached hydrogens (tertiary/aromatic N) is 3. The Labute approximate surface area is 229 Å². The second kappa shape index (κ2) is 13.9. The van der Waals surface area contributed by atoms with Crippen LogP contribution in [0.1, 0.15) is 16.8 Å². The molecule has 0 bridgehead atoms. The maximum Gasteiger partial charge on any atom is 0.0899 e. The van der Waals surface area contributed by atoms with Crippen molar-refractivity contribution in [3.63, 3.8) is 0 Å². The summed E-state index contributed by atoms with van der Waals surface area (Å²) < 4.78 is 5.97. The number of rotatable bonds is 7. The maximum atomic E-state index is 5.97. The van der Waals surface area contributed by atoms with Crippen LogP contribution in [-0.4, -0.2) is 15.0 Å². The molecular weight excluding hydrogens is 515 g/mol. The predicted molar refractivity (Wildman–Crippen MR) is 153 cm³/mol. The summed E-state index contributed by atoms with van der Waals surface area (Å²) in [5, 5.41) is 0.994. The zero-order valence-electron chi connectivity index (χ0n) is 19.4. The zero-order chi connectivity index (χ0) is 22.5. The molecule has 3 aromatic heterocycles. The van der Waals surface area contributed by atoms with Crippen molar-refractivity contribution in [2.45, 2.75) is 19.8 Å². The van der Waals surface area contributed by atoms with Gasteiger partial charge < -0.3 is 10.5 Å². The summed E-state index contributed by atoms with van der Waals surface area (Å²) in [6.45, 7) is 1.43. The van der Waals surface area contributed by atoms with E-state index in [4.69, 9.17) is 15.5 Å². The van der Waals surface area contributed by atoms with E-state index in [0.717, 1.165) is 50.1 Å². The van der Waals surface area contributed by atoms with Crippen molar-refractivity contribution in [2.24, 2.45) is 5.73 Å². The van der Waals surface area contributed by atoms with E-state index >= 15 is 0 Å². The Morgan fingerprint density at radius 1 is 0.694 bits per heavy atom. The minimum atomic E-state index is 0. The third kappa shape index (κ3) is 6.58. The molecule has 0 radical (unpaired) electrons. The highest BCUT2D eigenvalue weighted by atomic mass is 35.5. The summed E-state index contributed by atoms with van der Waals surface area (Å²) >= 11 is 0. The molecule has 2 aromatic carbocycles. The number of hydrogen-bond acceptors (Lipinski definition) is 5. The van der Waals surface area contributed by atoms with Gasteiger partial charge in [-0.25, -0.2) is 4.98 Å². The van der Waals surface area contributed by atoms with Crippen LogP contribution in [0.3, 0.4) is 0 Å². The Balaban J connectivity index is 0.00000152. The van der Waals surface area contributed by atoms with Gasteiger partial charge in [0.05, 0.1) is 30.1 Å². The molecule has 0 aliphatic heterocycles.